The molecule has 2 aromatic heterocycles. The Morgan fingerprint density at radius 2 is 2.14 bits per heavy atom. The Morgan fingerprint density at radius 1 is 1.43 bits per heavy atom. The van der Waals surface area contributed by atoms with Crippen LogP contribution in [0.2, 0.25) is 0 Å². The van der Waals surface area contributed by atoms with Gasteiger partial charge in [-0.05, 0) is 26.7 Å². The van der Waals surface area contributed by atoms with Gasteiger partial charge in [-0.15, -0.1) is 0 Å². The molecule has 6 heteroatoms. The summed E-state index contributed by atoms with van der Waals surface area (Å²) >= 11 is 0. The highest BCUT2D eigenvalue weighted by molar-refractivity contribution is 5.95. The number of hydrogen-bond acceptors (Lipinski definition) is 4. The van der Waals surface area contributed by atoms with E-state index in [1.54, 1.807) is 12.5 Å². The second-order valence-corrected chi connectivity index (χ2v) is 5.84. The van der Waals surface area contributed by atoms with E-state index in [0.717, 1.165) is 25.7 Å². The fourth-order valence-electron chi connectivity index (χ4n) is 3.05. The third-order valence-corrected chi connectivity index (χ3v) is 4.12. The van der Waals surface area contributed by atoms with Crippen molar-refractivity contribution in [1.82, 2.24) is 14.7 Å². The largest absolute Gasteiger partial charge is 0.477 e. The van der Waals surface area contributed by atoms with Crippen LogP contribution in [0.25, 0.3) is 11.4 Å². The van der Waals surface area contributed by atoms with Gasteiger partial charge in [0.2, 0.25) is 0 Å². The van der Waals surface area contributed by atoms with Crippen LogP contribution in [0.3, 0.4) is 0 Å². The van der Waals surface area contributed by atoms with E-state index in [2.05, 4.69) is 10.1 Å². The van der Waals surface area contributed by atoms with Gasteiger partial charge in [0.1, 0.15) is 11.3 Å². The van der Waals surface area contributed by atoms with Crippen molar-refractivity contribution >= 4 is 5.97 Å². The fraction of sp³-hybridized carbons (Fsp3) is 0.533. The van der Waals surface area contributed by atoms with Crippen LogP contribution in [0.5, 0.6) is 0 Å². The van der Waals surface area contributed by atoms with E-state index in [1.165, 1.54) is 0 Å². The molecule has 0 aromatic carbocycles. The van der Waals surface area contributed by atoms with Crippen LogP contribution >= 0.6 is 0 Å². The molecule has 0 aliphatic heterocycles. The van der Waals surface area contributed by atoms with Crippen molar-refractivity contribution in [3.63, 3.8) is 0 Å². The van der Waals surface area contributed by atoms with Crippen molar-refractivity contribution in [3.05, 3.63) is 23.8 Å². The Kier molecular flexibility index (Phi) is 3.53. The monoisotopic (exact) mass is 289 g/mol. The van der Waals surface area contributed by atoms with Gasteiger partial charge in [-0.3, -0.25) is 0 Å². The third-order valence-electron chi connectivity index (χ3n) is 4.12. The lowest BCUT2D eigenvalue weighted by atomic mass is 9.99. The Bertz CT molecular complexity index is 651. The summed E-state index contributed by atoms with van der Waals surface area (Å²) in [5.74, 6) is -0.288. The van der Waals surface area contributed by atoms with Crippen molar-refractivity contribution in [1.29, 1.82) is 0 Å². The highest BCUT2D eigenvalue weighted by Gasteiger charge is 2.32. The maximum absolute atomic E-state index is 11.7. The number of imidazole rings is 1. The highest BCUT2D eigenvalue weighted by atomic mass is 16.5. The Morgan fingerprint density at radius 3 is 2.76 bits per heavy atom. The molecule has 0 radical (unpaired) electrons. The summed E-state index contributed by atoms with van der Waals surface area (Å²) in [5.41, 5.74) is 1.27. The van der Waals surface area contributed by atoms with Crippen molar-refractivity contribution < 1.29 is 14.4 Å². The quantitative estimate of drug-likeness (QED) is 0.932. The van der Waals surface area contributed by atoms with Crippen molar-refractivity contribution in [2.24, 2.45) is 0 Å². The molecule has 2 heterocycles. The molecule has 112 valence electrons. The van der Waals surface area contributed by atoms with Gasteiger partial charge in [-0.2, -0.15) is 0 Å². The van der Waals surface area contributed by atoms with E-state index in [1.807, 2.05) is 18.4 Å². The van der Waals surface area contributed by atoms with Gasteiger partial charge in [0.05, 0.1) is 18.2 Å². The third kappa shape index (κ3) is 2.34. The Labute approximate surface area is 122 Å². The highest BCUT2D eigenvalue weighted by Crippen LogP contribution is 2.39. The lowest BCUT2D eigenvalue weighted by molar-refractivity contribution is 0.0694. The molecule has 0 unspecified atom stereocenters. The number of aromatic carboxylic acids is 1. The zero-order valence-electron chi connectivity index (χ0n) is 12.2. The van der Waals surface area contributed by atoms with E-state index in [9.17, 15) is 9.90 Å². The first-order valence-electron chi connectivity index (χ1n) is 7.34. The van der Waals surface area contributed by atoms with Crippen LogP contribution in [-0.4, -0.2) is 25.8 Å². The Hall–Kier alpha value is -2.11. The topological polar surface area (TPSA) is 81.2 Å². The Balaban J connectivity index is 2.10. The number of carboxylic acids is 1. The van der Waals surface area contributed by atoms with Crippen molar-refractivity contribution in [2.75, 3.05) is 0 Å². The second-order valence-electron chi connectivity index (χ2n) is 5.84. The van der Waals surface area contributed by atoms with E-state index in [4.69, 9.17) is 4.52 Å². The van der Waals surface area contributed by atoms with Gasteiger partial charge in [0.25, 0.3) is 0 Å². The minimum Gasteiger partial charge on any atom is -0.477 e. The van der Waals surface area contributed by atoms with Gasteiger partial charge in [-0.1, -0.05) is 18.0 Å². The second kappa shape index (κ2) is 5.35. The lowest BCUT2D eigenvalue weighted by Crippen LogP contribution is -2.07. The summed E-state index contributed by atoms with van der Waals surface area (Å²) in [6, 6.07) is 0.177. The van der Waals surface area contributed by atoms with Crippen LogP contribution in [-0.2, 0) is 0 Å². The molecule has 1 saturated carbocycles. The predicted molar refractivity (Wildman–Crippen MR) is 76.3 cm³/mol. The lowest BCUT2D eigenvalue weighted by Gasteiger charge is -2.10. The SMILES string of the molecule is CC(C)n1cncc1-c1noc(C2CCCC2)c1C(=O)O. The summed E-state index contributed by atoms with van der Waals surface area (Å²) in [5, 5.41) is 13.6. The van der Waals surface area contributed by atoms with Crippen LogP contribution in [0, 0.1) is 0 Å². The first kappa shape index (κ1) is 13.9. The smallest absolute Gasteiger partial charge is 0.341 e. The summed E-state index contributed by atoms with van der Waals surface area (Å²) < 4.78 is 7.33. The summed E-state index contributed by atoms with van der Waals surface area (Å²) in [7, 11) is 0. The van der Waals surface area contributed by atoms with E-state index in [0.29, 0.717) is 17.1 Å². The molecule has 0 atom stereocenters. The van der Waals surface area contributed by atoms with Gasteiger partial charge in [0.15, 0.2) is 5.76 Å². The first-order valence-corrected chi connectivity index (χ1v) is 7.34. The molecule has 3 rings (SSSR count). The molecule has 0 saturated heterocycles. The van der Waals surface area contributed by atoms with Crippen LogP contribution in [0.4, 0.5) is 0 Å². The molecule has 0 amide bonds. The molecule has 0 bridgehead atoms. The van der Waals surface area contributed by atoms with Gasteiger partial charge >= 0.3 is 5.97 Å². The van der Waals surface area contributed by atoms with E-state index < -0.39 is 5.97 Å². The average Bonchev–Trinajstić information content (AvgIpc) is 3.17. The number of rotatable bonds is 4. The molecule has 1 fully saturated rings. The van der Waals surface area contributed by atoms with Crippen LogP contribution < -0.4 is 0 Å². The zero-order chi connectivity index (χ0) is 15.0. The molecule has 1 aliphatic carbocycles. The standard InChI is InChI=1S/C15H19N3O3/c1-9(2)18-8-16-7-11(18)13-12(15(19)20)14(21-17-13)10-5-3-4-6-10/h7-10H,3-6H2,1-2H3,(H,19,20). The predicted octanol–water partition coefficient (Wildman–Crippen LogP) is 3.47. The molecule has 0 spiro atoms. The molecule has 6 nitrogen and oxygen atoms in total. The minimum atomic E-state index is -0.982. The maximum Gasteiger partial charge on any atom is 0.341 e. The molecule has 21 heavy (non-hydrogen) atoms. The zero-order valence-corrected chi connectivity index (χ0v) is 12.2. The van der Waals surface area contributed by atoms with Crippen molar-refractivity contribution in [3.8, 4) is 11.4 Å². The number of carboxylic acid groups (broad SMARTS) is 1. The molecule has 2 aromatic rings. The summed E-state index contributed by atoms with van der Waals surface area (Å²) in [6.45, 7) is 4.03. The number of aromatic nitrogens is 3. The molecule has 1 aliphatic rings. The number of hydrogen-bond donors (Lipinski definition) is 1. The summed E-state index contributed by atoms with van der Waals surface area (Å²) in [4.78, 5) is 15.8. The number of nitrogens with zero attached hydrogens (tertiary/aromatic N) is 3. The molecular formula is C15H19N3O3. The van der Waals surface area contributed by atoms with Crippen LogP contribution in [0.15, 0.2) is 17.0 Å². The number of carbonyl (C=O) groups is 1. The first-order chi connectivity index (χ1) is 10.1. The van der Waals surface area contributed by atoms with Gasteiger partial charge < -0.3 is 14.2 Å². The van der Waals surface area contributed by atoms with E-state index in [-0.39, 0.29) is 17.5 Å². The average molecular weight is 289 g/mol. The van der Waals surface area contributed by atoms with Crippen LogP contribution in [0.1, 0.15) is 67.6 Å². The molecular weight excluding hydrogens is 270 g/mol. The summed E-state index contributed by atoms with van der Waals surface area (Å²) in [6.07, 6.45) is 7.50. The molecule has 1 N–H and O–H groups in total. The van der Waals surface area contributed by atoms with Crippen molar-refractivity contribution in [2.45, 2.75) is 51.5 Å². The van der Waals surface area contributed by atoms with E-state index >= 15 is 0 Å². The normalized spacial score (nSPS) is 16.0. The fourth-order valence-corrected chi connectivity index (χ4v) is 3.05. The van der Waals surface area contributed by atoms with Gasteiger partial charge in [-0.25, -0.2) is 9.78 Å². The van der Waals surface area contributed by atoms with Gasteiger partial charge in [0, 0.05) is 12.0 Å². The minimum absolute atomic E-state index is 0.174. The maximum atomic E-state index is 11.7.